The highest BCUT2D eigenvalue weighted by molar-refractivity contribution is 7.12. The van der Waals surface area contributed by atoms with Gasteiger partial charge in [0, 0.05) is 10.6 Å². The standard InChI is InChI=1S/C24H23N3O2S/c1-15-6-4-7-18(10-15)25-23(28)14-27-21-12-17(3)16(2)11-19(21)26-20(13-24(27)29)22-8-5-9-30-22/h4-12H,13-14H2,1-3H3,(H,25,28). The third-order valence-corrected chi connectivity index (χ3v) is 6.08. The van der Waals surface area contributed by atoms with E-state index in [4.69, 9.17) is 4.99 Å². The summed E-state index contributed by atoms with van der Waals surface area (Å²) < 4.78 is 0. The zero-order chi connectivity index (χ0) is 21.3. The molecule has 0 bridgehead atoms. The molecule has 2 amide bonds. The van der Waals surface area contributed by atoms with E-state index in [1.165, 1.54) is 0 Å². The Hall–Kier alpha value is -3.25. The maximum atomic E-state index is 13.2. The second-order valence-corrected chi connectivity index (χ2v) is 8.48. The Morgan fingerprint density at radius 3 is 2.63 bits per heavy atom. The summed E-state index contributed by atoms with van der Waals surface area (Å²) >= 11 is 1.56. The molecule has 3 aromatic rings. The van der Waals surface area contributed by atoms with Gasteiger partial charge in [0.05, 0.1) is 23.5 Å². The van der Waals surface area contributed by atoms with Gasteiger partial charge < -0.3 is 10.2 Å². The Morgan fingerprint density at radius 1 is 1.10 bits per heavy atom. The van der Waals surface area contributed by atoms with Gasteiger partial charge in [-0.25, -0.2) is 4.99 Å². The first kappa shape index (κ1) is 20.0. The van der Waals surface area contributed by atoms with Crippen LogP contribution >= 0.6 is 11.3 Å². The number of rotatable bonds is 4. The van der Waals surface area contributed by atoms with Gasteiger partial charge in [0.25, 0.3) is 0 Å². The summed E-state index contributed by atoms with van der Waals surface area (Å²) in [6, 6.07) is 15.5. The molecule has 1 aromatic heterocycles. The molecular weight excluding hydrogens is 394 g/mol. The number of hydrogen-bond acceptors (Lipinski definition) is 4. The van der Waals surface area contributed by atoms with Crippen LogP contribution in [0.15, 0.2) is 58.9 Å². The Labute approximate surface area is 180 Å². The fourth-order valence-corrected chi connectivity index (χ4v) is 4.19. The fraction of sp³-hybridized carbons (Fsp3) is 0.208. The van der Waals surface area contributed by atoms with Crippen molar-refractivity contribution in [3.63, 3.8) is 0 Å². The van der Waals surface area contributed by atoms with E-state index in [-0.39, 0.29) is 24.8 Å². The molecule has 0 aliphatic carbocycles. The van der Waals surface area contributed by atoms with Crippen molar-refractivity contribution in [3.05, 3.63) is 75.5 Å². The fourth-order valence-electron chi connectivity index (χ4n) is 3.47. The normalized spacial score (nSPS) is 13.5. The van der Waals surface area contributed by atoms with E-state index in [1.807, 2.05) is 74.7 Å². The van der Waals surface area contributed by atoms with Gasteiger partial charge in [0.1, 0.15) is 6.54 Å². The summed E-state index contributed by atoms with van der Waals surface area (Å²) in [5, 5.41) is 4.87. The van der Waals surface area contributed by atoms with Gasteiger partial charge in [-0.3, -0.25) is 9.59 Å². The van der Waals surface area contributed by atoms with Crippen LogP contribution in [0.1, 0.15) is 28.0 Å². The molecule has 1 N–H and O–H groups in total. The molecule has 1 aliphatic heterocycles. The van der Waals surface area contributed by atoms with Gasteiger partial charge in [0.2, 0.25) is 11.8 Å². The Balaban J connectivity index is 1.67. The smallest absolute Gasteiger partial charge is 0.244 e. The first-order valence-electron chi connectivity index (χ1n) is 9.80. The van der Waals surface area contributed by atoms with E-state index in [0.717, 1.165) is 38.7 Å². The first-order chi connectivity index (χ1) is 14.4. The molecule has 6 heteroatoms. The maximum absolute atomic E-state index is 13.2. The van der Waals surface area contributed by atoms with Crippen molar-refractivity contribution < 1.29 is 9.59 Å². The molecule has 5 nitrogen and oxygen atoms in total. The largest absolute Gasteiger partial charge is 0.325 e. The van der Waals surface area contributed by atoms with Gasteiger partial charge in [0.15, 0.2) is 0 Å². The number of nitrogens with zero attached hydrogens (tertiary/aromatic N) is 2. The molecule has 4 rings (SSSR count). The minimum Gasteiger partial charge on any atom is -0.325 e. The molecule has 0 spiro atoms. The zero-order valence-corrected chi connectivity index (χ0v) is 18.0. The van der Waals surface area contributed by atoms with Crippen LogP contribution in [-0.4, -0.2) is 24.1 Å². The van der Waals surface area contributed by atoms with Crippen molar-refractivity contribution in [2.24, 2.45) is 4.99 Å². The minimum atomic E-state index is -0.238. The number of aryl methyl sites for hydroxylation is 3. The Kier molecular flexibility index (Phi) is 5.50. The number of hydrogen-bond donors (Lipinski definition) is 1. The molecule has 0 saturated heterocycles. The molecule has 0 saturated carbocycles. The predicted octanol–water partition coefficient (Wildman–Crippen LogP) is 5.17. The average molecular weight is 418 g/mol. The second kappa shape index (κ2) is 8.24. The van der Waals surface area contributed by atoms with Crippen LogP contribution in [0.25, 0.3) is 0 Å². The number of thiophene rings is 1. The number of aliphatic imine (C=N–C) groups is 1. The number of anilines is 2. The predicted molar refractivity (Wildman–Crippen MR) is 123 cm³/mol. The molecule has 1 aliphatic rings. The summed E-state index contributed by atoms with van der Waals surface area (Å²) in [5.74, 6) is -0.374. The molecular formula is C24H23N3O2S. The van der Waals surface area contributed by atoms with Crippen LogP contribution in [0.2, 0.25) is 0 Å². The molecule has 0 unspecified atom stereocenters. The van der Waals surface area contributed by atoms with Crippen LogP contribution in [-0.2, 0) is 9.59 Å². The highest BCUT2D eigenvalue weighted by Gasteiger charge is 2.27. The SMILES string of the molecule is Cc1cccc(NC(=O)CN2C(=O)CC(c3cccs3)=Nc3cc(C)c(C)cc32)c1. The van der Waals surface area contributed by atoms with Gasteiger partial charge in [-0.1, -0.05) is 18.2 Å². The lowest BCUT2D eigenvalue weighted by atomic mass is 10.1. The van der Waals surface area contributed by atoms with E-state index in [9.17, 15) is 9.59 Å². The molecule has 2 heterocycles. The van der Waals surface area contributed by atoms with Crippen LogP contribution < -0.4 is 10.2 Å². The second-order valence-electron chi connectivity index (χ2n) is 7.54. The number of nitrogens with one attached hydrogen (secondary N) is 1. The van der Waals surface area contributed by atoms with Crippen molar-refractivity contribution in [1.82, 2.24) is 0 Å². The van der Waals surface area contributed by atoms with Crippen molar-refractivity contribution in [1.29, 1.82) is 0 Å². The summed E-state index contributed by atoms with van der Waals surface area (Å²) in [6.07, 6.45) is 0.158. The lowest BCUT2D eigenvalue weighted by Gasteiger charge is -2.23. The maximum Gasteiger partial charge on any atom is 0.244 e. The van der Waals surface area contributed by atoms with Gasteiger partial charge in [-0.05, 0) is 73.2 Å². The van der Waals surface area contributed by atoms with Crippen molar-refractivity contribution in [2.45, 2.75) is 27.2 Å². The number of carbonyl (C=O) groups is 2. The lowest BCUT2D eigenvalue weighted by molar-refractivity contribution is -0.120. The highest BCUT2D eigenvalue weighted by Crippen LogP contribution is 2.36. The highest BCUT2D eigenvalue weighted by atomic mass is 32.1. The van der Waals surface area contributed by atoms with E-state index in [1.54, 1.807) is 16.2 Å². The minimum absolute atomic E-state index is 0.0600. The molecule has 0 fully saturated rings. The van der Waals surface area contributed by atoms with Crippen molar-refractivity contribution in [3.8, 4) is 0 Å². The summed E-state index contributed by atoms with van der Waals surface area (Å²) in [6.45, 7) is 5.94. The number of fused-ring (bicyclic) bond motifs is 1. The van der Waals surface area contributed by atoms with Gasteiger partial charge in [-0.2, -0.15) is 0 Å². The van der Waals surface area contributed by atoms with Gasteiger partial charge >= 0.3 is 0 Å². The molecule has 0 radical (unpaired) electrons. The van der Waals surface area contributed by atoms with Crippen LogP contribution in [0.4, 0.5) is 17.1 Å². The van der Waals surface area contributed by atoms with Crippen LogP contribution in [0.3, 0.4) is 0 Å². The molecule has 2 aromatic carbocycles. The quantitative estimate of drug-likeness (QED) is 0.637. The van der Waals surface area contributed by atoms with E-state index < -0.39 is 0 Å². The van der Waals surface area contributed by atoms with E-state index >= 15 is 0 Å². The first-order valence-corrected chi connectivity index (χ1v) is 10.7. The van der Waals surface area contributed by atoms with E-state index in [2.05, 4.69) is 5.32 Å². The van der Waals surface area contributed by atoms with Crippen molar-refractivity contribution >= 4 is 45.9 Å². The third kappa shape index (κ3) is 4.19. The van der Waals surface area contributed by atoms with Crippen LogP contribution in [0, 0.1) is 20.8 Å². The molecule has 0 atom stereocenters. The number of benzene rings is 2. The Morgan fingerprint density at radius 2 is 1.90 bits per heavy atom. The summed E-state index contributed by atoms with van der Waals surface area (Å²) in [4.78, 5) is 33.3. The monoisotopic (exact) mass is 417 g/mol. The lowest BCUT2D eigenvalue weighted by Crippen LogP contribution is -2.38. The van der Waals surface area contributed by atoms with Crippen molar-refractivity contribution in [2.75, 3.05) is 16.8 Å². The summed E-state index contributed by atoms with van der Waals surface area (Å²) in [7, 11) is 0. The topological polar surface area (TPSA) is 61.8 Å². The molecule has 152 valence electrons. The zero-order valence-electron chi connectivity index (χ0n) is 17.2. The van der Waals surface area contributed by atoms with E-state index in [0.29, 0.717) is 5.69 Å². The Bertz CT molecular complexity index is 1150. The molecule has 30 heavy (non-hydrogen) atoms. The number of carbonyl (C=O) groups excluding carboxylic acids is 2. The average Bonchev–Trinajstić information content (AvgIpc) is 3.19. The van der Waals surface area contributed by atoms with Gasteiger partial charge in [-0.15, -0.1) is 11.3 Å². The third-order valence-electron chi connectivity index (χ3n) is 5.17. The number of amides is 2. The van der Waals surface area contributed by atoms with Crippen LogP contribution in [0.5, 0.6) is 0 Å². The summed E-state index contributed by atoms with van der Waals surface area (Å²) in [5.41, 5.74) is 6.06.